The number of benzene rings is 1. The van der Waals surface area contributed by atoms with Gasteiger partial charge in [-0.3, -0.25) is 4.79 Å². The number of amides is 2. The summed E-state index contributed by atoms with van der Waals surface area (Å²) < 4.78 is 5.04. The molecule has 4 nitrogen and oxygen atoms in total. The Morgan fingerprint density at radius 2 is 1.95 bits per heavy atom. The number of nitrogens with zero attached hydrogens (tertiary/aromatic N) is 1. The van der Waals surface area contributed by atoms with E-state index >= 15 is 0 Å². The summed E-state index contributed by atoms with van der Waals surface area (Å²) in [5, 5.41) is 0. The zero-order chi connectivity index (χ0) is 14.9. The fourth-order valence-corrected chi connectivity index (χ4v) is 2.59. The third kappa shape index (κ3) is 2.55. The van der Waals surface area contributed by atoms with Crippen molar-refractivity contribution < 1.29 is 14.3 Å². The molecule has 20 heavy (non-hydrogen) atoms. The van der Waals surface area contributed by atoms with Crippen LogP contribution >= 0.6 is 0 Å². The van der Waals surface area contributed by atoms with Crippen LogP contribution < -0.4 is 0 Å². The van der Waals surface area contributed by atoms with Crippen LogP contribution in [0.3, 0.4) is 0 Å². The lowest BCUT2D eigenvalue weighted by Crippen LogP contribution is -2.43. The van der Waals surface area contributed by atoms with Crippen molar-refractivity contribution in [3.05, 3.63) is 35.4 Å². The lowest BCUT2D eigenvalue weighted by molar-refractivity contribution is -0.131. The van der Waals surface area contributed by atoms with E-state index in [2.05, 4.69) is 0 Å². The Morgan fingerprint density at radius 3 is 2.55 bits per heavy atom. The third-order valence-electron chi connectivity index (χ3n) is 3.94. The van der Waals surface area contributed by atoms with Gasteiger partial charge >= 0.3 is 6.09 Å². The van der Waals surface area contributed by atoms with Crippen molar-refractivity contribution in [2.75, 3.05) is 6.61 Å². The standard InChI is InChI=1S/C16H21NO3/c1-10(2)14-9-20-16(19)17(14)15(18)12(4)13-8-6-5-7-11(13)3/h5-8,10,12,14H,9H2,1-4H3/t12-,14-/m0/s1. The van der Waals surface area contributed by atoms with Gasteiger partial charge < -0.3 is 4.74 Å². The quantitative estimate of drug-likeness (QED) is 0.851. The van der Waals surface area contributed by atoms with Gasteiger partial charge in [-0.15, -0.1) is 0 Å². The number of carbonyl (C=O) groups is 2. The first kappa shape index (κ1) is 14.6. The van der Waals surface area contributed by atoms with E-state index in [0.29, 0.717) is 6.61 Å². The number of hydrogen-bond acceptors (Lipinski definition) is 3. The summed E-state index contributed by atoms with van der Waals surface area (Å²) in [6, 6.07) is 7.60. The summed E-state index contributed by atoms with van der Waals surface area (Å²) >= 11 is 0. The van der Waals surface area contributed by atoms with E-state index < -0.39 is 6.09 Å². The summed E-state index contributed by atoms with van der Waals surface area (Å²) in [6.07, 6.45) is -0.519. The topological polar surface area (TPSA) is 46.6 Å². The van der Waals surface area contributed by atoms with Crippen LogP contribution in [0.15, 0.2) is 24.3 Å². The SMILES string of the molecule is Cc1ccccc1[C@H](C)C(=O)N1C(=O)OC[C@H]1C(C)C. The molecule has 0 saturated carbocycles. The molecule has 4 heteroatoms. The molecule has 0 aromatic heterocycles. The Bertz CT molecular complexity index is 524. The van der Waals surface area contributed by atoms with E-state index in [4.69, 9.17) is 4.74 Å². The zero-order valence-corrected chi connectivity index (χ0v) is 12.4. The largest absolute Gasteiger partial charge is 0.447 e. The molecular weight excluding hydrogens is 254 g/mol. The molecule has 2 amide bonds. The van der Waals surface area contributed by atoms with Crippen molar-refractivity contribution in [2.45, 2.75) is 39.7 Å². The highest BCUT2D eigenvalue weighted by atomic mass is 16.6. The minimum absolute atomic E-state index is 0.165. The van der Waals surface area contributed by atoms with Crippen molar-refractivity contribution >= 4 is 12.0 Å². The average molecular weight is 275 g/mol. The molecule has 1 aliphatic heterocycles. The van der Waals surface area contributed by atoms with E-state index in [9.17, 15) is 9.59 Å². The van der Waals surface area contributed by atoms with Crippen LogP contribution in [0.1, 0.15) is 37.8 Å². The van der Waals surface area contributed by atoms with Gasteiger partial charge in [-0.25, -0.2) is 9.69 Å². The third-order valence-corrected chi connectivity index (χ3v) is 3.94. The lowest BCUT2D eigenvalue weighted by atomic mass is 9.94. The van der Waals surface area contributed by atoms with Gasteiger partial charge in [0.1, 0.15) is 6.61 Å². The Morgan fingerprint density at radius 1 is 1.30 bits per heavy atom. The molecule has 0 aliphatic carbocycles. The van der Waals surface area contributed by atoms with Gasteiger partial charge in [-0.2, -0.15) is 0 Å². The molecule has 0 bridgehead atoms. The number of hydrogen-bond donors (Lipinski definition) is 0. The molecule has 0 unspecified atom stereocenters. The summed E-state index contributed by atoms with van der Waals surface area (Å²) in [5.41, 5.74) is 2.02. The van der Waals surface area contributed by atoms with E-state index in [1.165, 1.54) is 4.90 Å². The second-order valence-electron chi connectivity index (χ2n) is 5.67. The molecule has 2 rings (SSSR count). The molecule has 1 aromatic rings. The van der Waals surface area contributed by atoms with Gasteiger partial charge in [0, 0.05) is 0 Å². The Labute approximate surface area is 119 Å². The van der Waals surface area contributed by atoms with Crippen LogP contribution in [-0.2, 0) is 9.53 Å². The molecule has 0 radical (unpaired) electrons. The number of rotatable bonds is 3. The highest BCUT2D eigenvalue weighted by Gasteiger charge is 2.41. The van der Waals surface area contributed by atoms with Gasteiger partial charge in [-0.1, -0.05) is 38.1 Å². The number of ether oxygens (including phenoxy) is 1. The summed E-state index contributed by atoms with van der Waals surface area (Å²) in [5.74, 6) is -0.335. The second-order valence-corrected chi connectivity index (χ2v) is 5.67. The smallest absolute Gasteiger partial charge is 0.417 e. The van der Waals surface area contributed by atoms with Crippen LogP contribution in [0, 0.1) is 12.8 Å². The Balaban J connectivity index is 2.26. The lowest BCUT2D eigenvalue weighted by Gasteiger charge is -2.26. The zero-order valence-electron chi connectivity index (χ0n) is 12.4. The van der Waals surface area contributed by atoms with Crippen LogP contribution in [0.5, 0.6) is 0 Å². The molecule has 1 saturated heterocycles. The fourth-order valence-electron chi connectivity index (χ4n) is 2.59. The van der Waals surface area contributed by atoms with Crippen molar-refractivity contribution in [1.29, 1.82) is 0 Å². The van der Waals surface area contributed by atoms with Crippen molar-refractivity contribution in [3.63, 3.8) is 0 Å². The molecule has 1 aliphatic rings. The van der Waals surface area contributed by atoms with Gasteiger partial charge in [-0.05, 0) is 30.9 Å². The highest BCUT2D eigenvalue weighted by molar-refractivity contribution is 5.97. The van der Waals surface area contributed by atoms with E-state index in [-0.39, 0.29) is 23.8 Å². The fraction of sp³-hybridized carbons (Fsp3) is 0.500. The maximum Gasteiger partial charge on any atom is 0.417 e. The maximum atomic E-state index is 12.6. The number of cyclic esters (lactones) is 1. The first-order valence-electron chi connectivity index (χ1n) is 6.98. The van der Waals surface area contributed by atoms with Gasteiger partial charge in [0.2, 0.25) is 5.91 Å². The first-order chi connectivity index (χ1) is 9.43. The van der Waals surface area contributed by atoms with Crippen LogP contribution in [0.4, 0.5) is 4.79 Å². The number of aryl methyl sites for hydroxylation is 1. The summed E-state index contributed by atoms with van der Waals surface area (Å²) in [6.45, 7) is 8.09. The molecule has 108 valence electrons. The molecule has 0 N–H and O–H groups in total. The van der Waals surface area contributed by atoms with Crippen LogP contribution in [0.25, 0.3) is 0 Å². The monoisotopic (exact) mass is 275 g/mol. The predicted molar refractivity (Wildman–Crippen MR) is 76.4 cm³/mol. The maximum absolute atomic E-state index is 12.6. The minimum atomic E-state index is -0.519. The van der Waals surface area contributed by atoms with Crippen LogP contribution in [-0.4, -0.2) is 29.5 Å². The second kappa shape index (κ2) is 5.65. The van der Waals surface area contributed by atoms with Gasteiger partial charge in [0.05, 0.1) is 12.0 Å². The van der Waals surface area contributed by atoms with Gasteiger partial charge in [0.15, 0.2) is 0 Å². The average Bonchev–Trinajstić information content (AvgIpc) is 2.80. The Hall–Kier alpha value is -1.84. The van der Waals surface area contributed by atoms with Crippen LogP contribution in [0.2, 0.25) is 0 Å². The van der Waals surface area contributed by atoms with Crippen molar-refractivity contribution in [2.24, 2.45) is 5.92 Å². The van der Waals surface area contributed by atoms with E-state index in [1.807, 2.05) is 52.0 Å². The summed E-state index contributed by atoms with van der Waals surface area (Å²) in [4.78, 5) is 25.8. The number of carbonyl (C=O) groups excluding carboxylic acids is 2. The Kier molecular flexibility index (Phi) is 4.12. The number of imide groups is 1. The molecule has 0 spiro atoms. The predicted octanol–water partition coefficient (Wildman–Crippen LogP) is 3.10. The van der Waals surface area contributed by atoms with E-state index in [0.717, 1.165) is 11.1 Å². The molecule has 1 aromatic carbocycles. The van der Waals surface area contributed by atoms with Gasteiger partial charge in [0.25, 0.3) is 0 Å². The summed E-state index contributed by atoms with van der Waals surface area (Å²) in [7, 11) is 0. The first-order valence-corrected chi connectivity index (χ1v) is 6.98. The minimum Gasteiger partial charge on any atom is -0.447 e. The molecule has 1 heterocycles. The van der Waals surface area contributed by atoms with Crippen molar-refractivity contribution in [3.8, 4) is 0 Å². The molecule has 1 fully saturated rings. The van der Waals surface area contributed by atoms with E-state index in [1.54, 1.807) is 0 Å². The van der Waals surface area contributed by atoms with Crippen molar-refractivity contribution in [1.82, 2.24) is 4.90 Å². The normalized spacial score (nSPS) is 20.1. The molecular formula is C16H21NO3. The molecule has 2 atom stereocenters. The highest BCUT2D eigenvalue weighted by Crippen LogP contribution is 2.27.